The van der Waals surface area contributed by atoms with Crippen LogP contribution in [0.4, 0.5) is 5.69 Å². The van der Waals surface area contributed by atoms with Crippen LogP contribution in [-0.2, 0) is 6.54 Å². The predicted octanol–water partition coefficient (Wildman–Crippen LogP) is 3.35. The van der Waals surface area contributed by atoms with Gasteiger partial charge in [0.15, 0.2) is 0 Å². The largest absolute Gasteiger partial charge is 0.367 e. The third-order valence-electron chi connectivity index (χ3n) is 5.31. The van der Waals surface area contributed by atoms with Gasteiger partial charge in [-0.2, -0.15) is 0 Å². The molecule has 0 aliphatic carbocycles. The van der Waals surface area contributed by atoms with Crippen LogP contribution < -0.4 is 10.2 Å². The zero-order valence-electron chi connectivity index (χ0n) is 14.8. The predicted molar refractivity (Wildman–Crippen MR) is 103 cm³/mol. The molecular weight excluding hydrogens is 330 g/mol. The highest BCUT2D eigenvalue weighted by Gasteiger charge is 2.37. The van der Waals surface area contributed by atoms with E-state index in [4.69, 9.17) is 0 Å². The third kappa shape index (κ3) is 3.31. The summed E-state index contributed by atoms with van der Waals surface area (Å²) < 4.78 is 0. The second-order valence-corrected chi connectivity index (χ2v) is 8.29. The third-order valence-corrected chi connectivity index (χ3v) is 6.18. The van der Waals surface area contributed by atoms with Gasteiger partial charge in [0.1, 0.15) is 0 Å². The van der Waals surface area contributed by atoms with Gasteiger partial charge >= 0.3 is 0 Å². The molecule has 2 aliphatic heterocycles. The van der Waals surface area contributed by atoms with Gasteiger partial charge in [-0.1, -0.05) is 24.3 Å². The number of nitrogens with one attached hydrogen (secondary N) is 1. The van der Waals surface area contributed by atoms with E-state index in [1.807, 2.05) is 17.5 Å². The topological polar surface area (TPSA) is 35.6 Å². The van der Waals surface area contributed by atoms with Crippen LogP contribution in [0.2, 0.25) is 0 Å². The van der Waals surface area contributed by atoms with Gasteiger partial charge in [0.2, 0.25) is 0 Å². The van der Waals surface area contributed by atoms with E-state index in [0.29, 0.717) is 12.1 Å². The maximum absolute atomic E-state index is 12.4. The van der Waals surface area contributed by atoms with Gasteiger partial charge in [0.05, 0.1) is 4.88 Å². The van der Waals surface area contributed by atoms with Crippen molar-refractivity contribution in [1.29, 1.82) is 0 Å². The number of carbonyl (C=O) groups is 1. The number of fused-ring (bicyclic) bond motifs is 2. The van der Waals surface area contributed by atoms with Crippen molar-refractivity contribution in [1.82, 2.24) is 10.2 Å². The van der Waals surface area contributed by atoms with Crippen molar-refractivity contribution in [2.75, 3.05) is 18.0 Å². The minimum atomic E-state index is 0.0683. The number of benzene rings is 1. The summed E-state index contributed by atoms with van der Waals surface area (Å²) in [7, 11) is 0. The van der Waals surface area contributed by atoms with Gasteiger partial charge in [-0.15, -0.1) is 11.3 Å². The van der Waals surface area contributed by atoms with Crippen LogP contribution in [0.5, 0.6) is 0 Å². The molecule has 0 radical (unpaired) electrons. The number of anilines is 1. The molecule has 1 aromatic heterocycles. The van der Waals surface area contributed by atoms with Crippen molar-refractivity contribution in [3.63, 3.8) is 0 Å². The summed E-state index contributed by atoms with van der Waals surface area (Å²) in [4.78, 5) is 18.2. The van der Waals surface area contributed by atoms with Crippen LogP contribution >= 0.6 is 11.3 Å². The van der Waals surface area contributed by atoms with Crippen molar-refractivity contribution in [2.45, 2.75) is 44.9 Å². The summed E-state index contributed by atoms with van der Waals surface area (Å²) in [5.41, 5.74) is 2.76. The monoisotopic (exact) mass is 355 g/mol. The standard InChI is InChI=1S/C20H25N3OS/c1-14(2)23-13-17-10-16(21-20(24)19-8-5-9-25-19)12-22(17)11-15-6-3-4-7-18(15)23/h3-9,14,16-17H,10-13H2,1-2H3,(H,21,24)/t16-,17-/m0/s1. The smallest absolute Gasteiger partial charge is 0.261 e. The summed E-state index contributed by atoms with van der Waals surface area (Å²) in [5, 5.41) is 5.19. The Hall–Kier alpha value is -1.85. The van der Waals surface area contributed by atoms with E-state index in [9.17, 15) is 4.79 Å². The molecule has 1 fully saturated rings. The summed E-state index contributed by atoms with van der Waals surface area (Å²) in [6.07, 6.45) is 1.02. The van der Waals surface area contributed by atoms with E-state index in [1.54, 1.807) is 0 Å². The zero-order valence-corrected chi connectivity index (χ0v) is 15.6. The first kappa shape index (κ1) is 16.6. The van der Waals surface area contributed by atoms with Crippen LogP contribution in [0.3, 0.4) is 0 Å². The Labute approximate surface area is 153 Å². The summed E-state index contributed by atoms with van der Waals surface area (Å²) >= 11 is 1.50. The van der Waals surface area contributed by atoms with E-state index in [2.05, 4.69) is 53.2 Å². The minimum absolute atomic E-state index is 0.0683. The number of amides is 1. The van der Waals surface area contributed by atoms with Crippen molar-refractivity contribution in [3.8, 4) is 0 Å². The normalized spacial score (nSPS) is 23.2. The molecule has 1 aromatic carbocycles. The number of rotatable bonds is 3. The molecule has 1 N–H and O–H groups in total. The quantitative estimate of drug-likeness (QED) is 0.917. The van der Waals surface area contributed by atoms with E-state index in [0.717, 1.165) is 30.9 Å². The first-order chi connectivity index (χ1) is 12.1. The van der Waals surface area contributed by atoms with Crippen LogP contribution in [0.1, 0.15) is 35.5 Å². The van der Waals surface area contributed by atoms with Gasteiger partial charge < -0.3 is 10.2 Å². The van der Waals surface area contributed by atoms with E-state index >= 15 is 0 Å². The molecule has 2 aliphatic rings. The van der Waals surface area contributed by atoms with E-state index < -0.39 is 0 Å². The molecule has 0 saturated carbocycles. The molecule has 0 bridgehead atoms. The van der Waals surface area contributed by atoms with Crippen molar-refractivity contribution >= 4 is 22.9 Å². The Morgan fingerprint density at radius 1 is 1.20 bits per heavy atom. The molecule has 2 atom stereocenters. The number of thiophene rings is 1. The lowest BCUT2D eigenvalue weighted by molar-refractivity contribution is 0.0941. The second-order valence-electron chi connectivity index (χ2n) is 7.34. The average Bonchev–Trinajstić information content (AvgIpc) is 3.21. The molecule has 0 spiro atoms. The fourth-order valence-electron chi connectivity index (χ4n) is 4.09. The molecule has 1 saturated heterocycles. The molecule has 0 unspecified atom stereocenters. The fraction of sp³-hybridized carbons (Fsp3) is 0.450. The zero-order chi connectivity index (χ0) is 17.4. The highest BCUT2D eigenvalue weighted by Crippen LogP contribution is 2.32. The van der Waals surface area contributed by atoms with Crippen LogP contribution in [0, 0.1) is 0 Å². The molecular formula is C20H25N3OS. The summed E-state index contributed by atoms with van der Waals surface area (Å²) in [5.74, 6) is 0.0683. The number of nitrogens with zero attached hydrogens (tertiary/aromatic N) is 2. The molecule has 4 rings (SSSR count). The highest BCUT2D eigenvalue weighted by atomic mass is 32.1. The van der Waals surface area contributed by atoms with Gasteiger partial charge in [-0.3, -0.25) is 9.69 Å². The molecule has 25 heavy (non-hydrogen) atoms. The molecule has 4 nitrogen and oxygen atoms in total. The van der Waals surface area contributed by atoms with Crippen molar-refractivity contribution in [2.24, 2.45) is 0 Å². The summed E-state index contributed by atoms with van der Waals surface area (Å²) in [6, 6.07) is 13.8. The Morgan fingerprint density at radius 2 is 2.04 bits per heavy atom. The average molecular weight is 356 g/mol. The van der Waals surface area contributed by atoms with Crippen LogP contribution in [0.25, 0.3) is 0 Å². The Bertz CT molecular complexity index is 743. The minimum Gasteiger partial charge on any atom is -0.367 e. The van der Waals surface area contributed by atoms with E-state index in [-0.39, 0.29) is 11.9 Å². The first-order valence-corrected chi connectivity index (χ1v) is 9.92. The Morgan fingerprint density at radius 3 is 2.80 bits per heavy atom. The fourth-order valence-corrected chi connectivity index (χ4v) is 4.72. The van der Waals surface area contributed by atoms with Crippen molar-refractivity contribution in [3.05, 3.63) is 52.2 Å². The molecule has 5 heteroatoms. The van der Waals surface area contributed by atoms with Crippen molar-refractivity contribution < 1.29 is 4.79 Å². The van der Waals surface area contributed by atoms with Crippen LogP contribution in [0.15, 0.2) is 41.8 Å². The van der Waals surface area contributed by atoms with Gasteiger partial charge in [-0.05, 0) is 43.3 Å². The molecule has 132 valence electrons. The lowest BCUT2D eigenvalue weighted by atomic mass is 10.1. The maximum Gasteiger partial charge on any atom is 0.261 e. The second kappa shape index (κ2) is 6.81. The first-order valence-electron chi connectivity index (χ1n) is 9.05. The highest BCUT2D eigenvalue weighted by molar-refractivity contribution is 7.12. The number of hydrogen-bond acceptors (Lipinski definition) is 4. The van der Waals surface area contributed by atoms with E-state index in [1.165, 1.54) is 22.6 Å². The SMILES string of the molecule is CC(C)N1C[C@@H]2C[C@H](NC(=O)c3cccs3)CN2Cc2ccccc21. The number of hydrogen-bond donors (Lipinski definition) is 1. The van der Waals surface area contributed by atoms with Gasteiger partial charge in [0, 0.05) is 43.4 Å². The summed E-state index contributed by atoms with van der Waals surface area (Å²) in [6.45, 7) is 7.45. The number of carbonyl (C=O) groups excluding carboxylic acids is 1. The Kier molecular flexibility index (Phi) is 4.52. The molecule has 1 amide bonds. The molecule has 2 aromatic rings. The molecule has 3 heterocycles. The lowest BCUT2D eigenvalue weighted by Crippen LogP contribution is -2.40. The number of para-hydroxylation sites is 1. The Balaban J connectivity index is 1.51. The van der Waals surface area contributed by atoms with Gasteiger partial charge in [-0.25, -0.2) is 0 Å². The maximum atomic E-state index is 12.4. The van der Waals surface area contributed by atoms with Gasteiger partial charge in [0.25, 0.3) is 5.91 Å². The van der Waals surface area contributed by atoms with Crippen LogP contribution in [-0.4, -0.2) is 42.0 Å². The lowest BCUT2D eigenvalue weighted by Gasteiger charge is -2.31.